The van der Waals surface area contributed by atoms with Gasteiger partial charge in [-0.05, 0) is 86.7 Å². The molecule has 1 saturated heterocycles. The Hall–Kier alpha value is -3.90. The van der Waals surface area contributed by atoms with E-state index in [1.165, 1.54) is 6.08 Å². The maximum absolute atomic E-state index is 13.7. The second-order valence-electron chi connectivity index (χ2n) is 10.4. The van der Waals surface area contributed by atoms with Crippen LogP contribution in [0, 0.1) is 0 Å². The number of carbonyl (C=O) groups is 3. The first-order chi connectivity index (χ1) is 18.1. The molecule has 2 aliphatic rings. The molecule has 0 bridgehead atoms. The van der Waals surface area contributed by atoms with E-state index in [1.807, 2.05) is 12.1 Å². The summed E-state index contributed by atoms with van der Waals surface area (Å²) in [4.78, 5) is 45.4. The Bertz CT molecular complexity index is 1390. The summed E-state index contributed by atoms with van der Waals surface area (Å²) in [6.45, 7) is 9.60. The van der Waals surface area contributed by atoms with E-state index in [9.17, 15) is 14.4 Å². The zero-order chi connectivity index (χ0) is 27.2. The number of nitrogens with zero attached hydrogens (tertiary/aromatic N) is 3. The lowest BCUT2D eigenvalue weighted by Crippen LogP contribution is -2.57. The molecule has 4 amide bonds. The molecule has 1 unspecified atom stereocenters. The Morgan fingerprint density at radius 2 is 1.42 bits per heavy atom. The number of halogens is 1. The minimum absolute atomic E-state index is 0.0213. The van der Waals surface area contributed by atoms with E-state index < -0.39 is 17.8 Å². The molecule has 0 N–H and O–H groups in total. The van der Waals surface area contributed by atoms with Crippen molar-refractivity contribution in [1.29, 1.82) is 0 Å². The van der Waals surface area contributed by atoms with Crippen LogP contribution in [0.25, 0.3) is 6.08 Å². The Balaban J connectivity index is 1.66. The summed E-state index contributed by atoms with van der Waals surface area (Å²) < 4.78 is 0. The Kier molecular flexibility index (Phi) is 6.61. The van der Waals surface area contributed by atoms with Gasteiger partial charge in [0.25, 0.3) is 11.8 Å². The van der Waals surface area contributed by atoms with Gasteiger partial charge in [0.2, 0.25) is 0 Å². The van der Waals surface area contributed by atoms with Crippen LogP contribution in [0.1, 0.15) is 51.2 Å². The summed E-state index contributed by atoms with van der Waals surface area (Å²) in [5, 5.41) is 0.439. The summed E-state index contributed by atoms with van der Waals surface area (Å²) in [5.41, 5.74) is 3.37. The van der Waals surface area contributed by atoms with Crippen LogP contribution in [-0.2, 0) is 9.59 Å². The fraction of sp³-hybridized carbons (Fsp3) is 0.258. The molecule has 7 heteroatoms. The third-order valence-electron chi connectivity index (χ3n) is 7.40. The molecule has 3 aromatic carbocycles. The number of para-hydroxylation sites is 2. The van der Waals surface area contributed by atoms with Crippen molar-refractivity contribution < 1.29 is 14.4 Å². The second-order valence-corrected chi connectivity index (χ2v) is 10.8. The molecular weight excluding hydrogens is 498 g/mol. The van der Waals surface area contributed by atoms with Gasteiger partial charge in [-0.2, -0.15) is 0 Å². The van der Waals surface area contributed by atoms with Crippen molar-refractivity contribution in [3.8, 4) is 0 Å². The van der Waals surface area contributed by atoms with Crippen molar-refractivity contribution in [2.45, 2.75) is 45.6 Å². The number of hydrogen-bond acceptors (Lipinski definition) is 4. The summed E-state index contributed by atoms with van der Waals surface area (Å²) in [7, 11) is 0. The molecule has 194 valence electrons. The summed E-state index contributed by atoms with van der Waals surface area (Å²) in [5.74, 6) is -1.11. The lowest BCUT2D eigenvalue weighted by atomic mass is 9.79. The van der Waals surface area contributed by atoms with E-state index in [-0.39, 0.29) is 17.0 Å². The van der Waals surface area contributed by atoms with Gasteiger partial charge in [-0.3, -0.25) is 9.59 Å². The van der Waals surface area contributed by atoms with Gasteiger partial charge in [0.15, 0.2) is 0 Å². The smallest absolute Gasteiger partial charge is 0.343 e. The average Bonchev–Trinajstić information content (AvgIpc) is 2.88. The molecule has 5 rings (SSSR count). The first kappa shape index (κ1) is 25.7. The van der Waals surface area contributed by atoms with Gasteiger partial charge < -0.3 is 4.90 Å². The fourth-order valence-electron chi connectivity index (χ4n) is 5.72. The number of carbonyl (C=O) groups excluding carboxylic acids is 3. The number of fused-ring (bicyclic) bond motifs is 1. The monoisotopic (exact) mass is 527 g/mol. The topological polar surface area (TPSA) is 60.9 Å². The SMILES string of the molecule is CCN1c2cc(Cl)c(C=C3C(=O)N(c4ccccc4)C(=O)N(c4ccccc4)C3=O)cc2C(C)CC1(C)C. The van der Waals surface area contributed by atoms with Crippen molar-refractivity contribution in [2.75, 3.05) is 21.2 Å². The zero-order valence-electron chi connectivity index (χ0n) is 21.9. The molecule has 2 aliphatic heterocycles. The number of imide groups is 2. The average molecular weight is 528 g/mol. The lowest BCUT2D eigenvalue weighted by Gasteiger charge is -2.47. The van der Waals surface area contributed by atoms with Gasteiger partial charge in [0.1, 0.15) is 5.57 Å². The predicted molar refractivity (Wildman–Crippen MR) is 153 cm³/mol. The molecule has 2 heterocycles. The van der Waals surface area contributed by atoms with Crippen molar-refractivity contribution >= 4 is 52.6 Å². The van der Waals surface area contributed by atoms with E-state index in [0.29, 0.717) is 22.0 Å². The van der Waals surface area contributed by atoms with Crippen LogP contribution in [0.4, 0.5) is 21.9 Å². The van der Waals surface area contributed by atoms with Crippen molar-refractivity contribution in [3.63, 3.8) is 0 Å². The van der Waals surface area contributed by atoms with Gasteiger partial charge in [0.05, 0.1) is 11.4 Å². The van der Waals surface area contributed by atoms with Crippen molar-refractivity contribution in [1.82, 2.24) is 0 Å². The van der Waals surface area contributed by atoms with Gasteiger partial charge in [-0.15, -0.1) is 0 Å². The standard InChI is InChI=1S/C31H30ClN3O3/c1-5-33-27-18-26(32)21(16-24(27)20(2)19-31(33,3)4)17-25-28(36)34(22-12-8-6-9-13-22)30(38)35(29(25)37)23-14-10-7-11-15-23/h6-18,20H,5,19H2,1-4H3. The van der Waals surface area contributed by atoms with Crippen LogP contribution in [0.3, 0.4) is 0 Å². The molecule has 0 radical (unpaired) electrons. The number of amides is 4. The molecule has 0 saturated carbocycles. The highest BCUT2D eigenvalue weighted by atomic mass is 35.5. The molecule has 0 aromatic heterocycles. The molecule has 0 spiro atoms. The number of rotatable bonds is 4. The molecule has 1 fully saturated rings. The van der Waals surface area contributed by atoms with E-state index >= 15 is 0 Å². The quantitative estimate of drug-likeness (QED) is 0.270. The zero-order valence-corrected chi connectivity index (χ0v) is 22.7. The molecule has 6 nitrogen and oxygen atoms in total. The second kappa shape index (κ2) is 9.76. The van der Waals surface area contributed by atoms with E-state index in [1.54, 1.807) is 60.7 Å². The van der Waals surface area contributed by atoms with Gasteiger partial charge in [-0.25, -0.2) is 14.6 Å². The predicted octanol–water partition coefficient (Wildman–Crippen LogP) is 7.04. The van der Waals surface area contributed by atoms with E-state index in [2.05, 4.69) is 32.6 Å². The summed E-state index contributed by atoms with van der Waals surface area (Å²) >= 11 is 6.79. The summed E-state index contributed by atoms with van der Waals surface area (Å²) in [6.07, 6.45) is 2.48. The van der Waals surface area contributed by atoms with Gasteiger partial charge in [0, 0.05) is 22.8 Å². The number of urea groups is 1. The largest absolute Gasteiger partial charge is 0.366 e. The third-order valence-corrected chi connectivity index (χ3v) is 7.73. The Morgan fingerprint density at radius 1 is 0.895 bits per heavy atom. The molecule has 3 aromatic rings. The van der Waals surface area contributed by atoms with Crippen LogP contribution in [0.2, 0.25) is 5.02 Å². The first-order valence-electron chi connectivity index (χ1n) is 12.8. The molecule has 0 aliphatic carbocycles. The normalized spacial score (nSPS) is 19.1. The maximum atomic E-state index is 13.7. The number of hydrogen-bond donors (Lipinski definition) is 0. The molecular formula is C31H30ClN3O3. The van der Waals surface area contributed by atoms with Crippen molar-refractivity contribution in [2.24, 2.45) is 0 Å². The number of barbiturate groups is 1. The highest BCUT2D eigenvalue weighted by Crippen LogP contribution is 2.45. The van der Waals surface area contributed by atoms with Crippen LogP contribution in [0.5, 0.6) is 0 Å². The Morgan fingerprint density at radius 3 is 1.92 bits per heavy atom. The highest BCUT2D eigenvalue weighted by molar-refractivity contribution is 6.46. The van der Waals surface area contributed by atoms with E-state index in [4.69, 9.17) is 11.6 Å². The van der Waals surface area contributed by atoms with Crippen LogP contribution >= 0.6 is 11.6 Å². The van der Waals surface area contributed by atoms with Crippen molar-refractivity contribution in [3.05, 3.63) is 94.5 Å². The minimum Gasteiger partial charge on any atom is -0.366 e. The molecule has 1 atom stereocenters. The van der Waals surface area contributed by atoms with Gasteiger partial charge in [-0.1, -0.05) is 54.9 Å². The lowest BCUT2D eigenvalue weighted by molar-refractivity contribution is -0.121. The fourth-order valence-corrected chi connectivity index (χ4v) is 5.94. The van der Waals surface area contributed by atoms with Gasteiger partial charge >= 0.3 is 6.03 Å². The van der Waals surface area contributed by atoms with Crippen LogP contribution in [0.15, 0.2) is 78.4 Å². The Labute approximate surface area is 228 Å². The van der Waals surface area contributed by atoms with Crippen LogP contribution in [-0.4, -0.2) is 29.9 Å². The highest BCUT2D eigenvalue weighted by Gasteiger charge is 2.44. The van der Waals surface area contributed by atoms with E-state index in [0.717, 1.165) is 34.0 Å². The molecule has 38 heavy (non-hydrogen) atoms. The maximum Gasteiger partial charge on any atom is 0.343 e. The third kappa shape index (κ3) is 4.29. The first-order valence-corrected chi connectivity index (χ1v) is 13.2. The minimum atomic E-state index is -0.722. The number of anilines is 3. The number of benzene rings is 3. The summed E-state index contributed by atoms with van der Waals surface area (Å²) in [6, 6.07) is 20.4. The van der Waals surface area contributed by atoms with Crippen LogP contribution < -0.4 is 14.7 Å².